The number of rotatable bonds is 8. The van der Waals surface area contributed by atoms with Gasteiger partial charge >= 0.3 is 12.1 Å². The van der Waals surface area contributed by atoms with E-state index in [1.807, 2.05) is 24.3 Å². The third kappa shape index (κ3) is 5.04. The number of alkyl halides is 5. The summed E-state index contributed by atoms with van der Waals surface area (Å²) in [6, 6.07) is 11.9. The number of carbonyl (C=O) groups is 1. The molecule has 0 fully saturated rings. The van der Waals surface area contributed by atoms with E-state index < -0.39 is 36.4 Å². The van der Waals surface area contributed by atoms with Crippen molar-refractivity contribution < 1.29 is 26.7 Å². The Kier molecular flexibility index (Phi) is 7.10. The van der Waals surface area contributed by atoms with E-state index in [0.29, 0.717) is 41.9 Å². The second kappa shape index (κ2) is 10.6. The number of amidine groups is 1. The normalized spacial score (nSPS) is 18.2. The van der Waals surface area contributed by atoms with Crippen molar-refractivity contribution in [3.63, 3.8) is 0 Å². The maximum Gasteiger partial charge on any atom is 0.453 e. The highest BCUT2D eigenvalue weighted by molar-refractivity contribution is 6.31. The minimum atomic E-state index is -5.71. The molecule has 16 heteroatoms. The molecule has 10 nitrogen and oxygen atoms in total. The van der Waals surface area contributed by atoms with Crippen molar-refractivity contribution in [3.05, 3.63) is 64.2 Å². The van der Waals surface area contributed by atoms with Crippen molar-refractivity contribution in [1.29, 1.82) is 0 Å². The molecule has 0 saturated carbocycles. The topological polar surface area (TPSA) is 136 Å². The highest BCUT2D eigenvalue weighted by Crippen LogP contribution is 2.45. The molecule has 0 saturated heterocycles. The van der Waals surface area contributed by atoms with E-state index in [0.717, 1.165) is 10.2 Å². The van der Waals surface area contributed by atoms with Crippen LogP contribution in [0.2, 0.25) is 5.02 Å². The minimum Gasteiger partial charge on any atom is -0.383 e. The van der Waals surface area contributed by atoms with Crippen molar-refractivity contribution in [1.82, 2.24) is 19.7 Å². The number of carbonyl (C=O) groups excluding carboxylic acids is 1. The van der Waals surface area contributed by atoms with Crippen LogP contribution in [0.1, 0.15) is 36.5 Å². The molecule has 2 aliphatic rings. The van der Waals surface area contributed by atoms with Gasteiger partial charge in [-0.25, -0.2) is 15.0 Å². The average Bonchev–Trinajstić information content (AvgIpc) is 3.68. The van der Waals surface area contributed by atoms with E-state index in [9.17, 15) is 26.7 Å². The van der Waals surface area contributed by atoms with Crippen LogP contribution in [0.5, 0.6) is 0 Å². The van der Waals surface area contributed by atoms with E-state index >= 15 is 0 Å². The van der Waals surface area contributed by atoms with Gasteiger partial charge in [-0.15, -0.1) is 5.11 Å². The first-order chi connectivity index (χ1) is 20.8. The second-order valence-electron chi connectivity index (χ2n) is 10.6. The number of hydrogen-bond acceptors (Lipinski definition) is 8. The van der Waals surface area contributed by atoms with Gasteiger partial charge in [0.05, 0.1) is 11.1 Å². The predicted octanol–water partition coefficient (Wildman–Crippen LogP) is 6.33. The number of hydrogen-bond donors (Lipinski definition) is 2. The van der Waals surface area contributed by atoms with Crippen LogP contribution in [0.4, 0.5) is 33.6 Å². The lowest BCUT2D eigenvalue weighted by molar-refractivity contribution is -0.285. The summed E-state index contributed by atoms with van der Waals surface area (Å²) in [6.07, 6.45) is -5.93. The molecule has 0 bridgehead atoms. The number of nitrogens with two attached hydrogens (primary N) is 1. The first kappa shape index (κ1) is 29.5. The molecule has 4 aromatic rings. The number of nitrogens with one attached hydrogen (secondary N) is 1. The highest BCUT2D eigenvalue weighted by Gasteiger charge is 2.56. The summed E-state index contributed by atoms with van der Waals surface area (Å²) in [5.41, 5.74) is 7.45. The van der Waals surface area contributed by atoms with Crippen molar-refractivity contribution in [2.45, 2.75) is 50.2 Å². The number of aliphatic imine (C=N–C) groups is 1. The fourth-order valence-corrected chi connectivity index (χ4v) is 5.47. The third-order valence-corrected chi connectivity index (χ3v) is 8.01. The Bertz CT molecular complexity index is 1850. The van der Waals surface area contributed by atoms with Crippen molar-refractivity contribution in [2.75, 3.05) is 17.7 Å². The first-order valence-corrected chi connectivity index (χ1v) is 13.8. The number of aromatic nitrogens is 4. The van der Waals surface area contributed by atoms with Crippen LogP contribution in [-0.4, -0.2) is 50.3 Å². The van der Waals surface area contributed by atoms with E-state index in [-0.39, 0.29) is 33.7 Å². The fraction of sp³-hybridized carbons (Fsp3) is 0.321. The average molecular weight is 632 g/mol. The van der Waals surface area contributed by atoms with Gasteiger partial charge in [-0.1, -0.05) is 35.9 Å². The van der Waals surface area contributed by atoms with Crippen LogP contribution < -0.4 is 11.1 Å². The third-order valence-electron chi connectivity index (χ3n) is 7.77. The molecule has 0 aliphatic carbocycles. The molecule has 2 aromatic heterocycles. The van der Waals surface area contributed by atoms with Gasteiger partial charge < -0.3 is 11.1 Å². The Morgan fingerprint density at radius 2 is 1.82 bits per heavy atom. The molecule has 228 valence electrons. The maximum absolute atomic E-state index is 13.7. The molecule has 1 atom stereocenters. The molecule has 0 radical (unpaired) electrons. The maximum atomic E-state index is 13.7. The first-order valence-electron chi connectivity index (χ1n) is 13.4. The Morgan fingerprint density at radius 1 is 1.07 bits per heavy atom. The summed E-state index contributed by atoms with van der Waals surface area (Å²) < 4.78 is 66.8. The summed E-state index contributed by atoms with van der Waals surface area (Å²) >= 11 is 6.09. The van der Waals surface area contributed by atoms with Crippen LogP contribution in [-0.2, 0) is 23.2 Å². The summed E-state index contributed by atoms with van der Waals surface area (Å²) in [4.78, 5) is 26.5. The van der Waals surface area contributed by atoms with Crippen LogP contribution in [0, 0.1) is 0 Å². The zero-order valence-electron chi connectivity index (χ0n) is 23.0. The number of nitrogen functional groups attached to an aromatic ring is 1. The lowest BCUT2D eigenvalue weighted by Gasteiger charge is -2.23. The SMILES string of the molecule is C[C@@]1(c2ccc(CCC3=NCN=N3)cc2)C(=O)Nc2nc(-c3nn(CCC(F)(F)C(F)(F)F)c4cc(Cl)ccc34)nc(N)c21. The van der Waals surface area contributed by atoms with E-state index in [1.165, 1.54) is 18.2 Å². The molecule has 2 aliphatic heterocycles. The molecule has 6 rings (SSSR count). The van der Waals surface area contributed by atoms with Crippen LogP contribution >= 0.6 is 11.6 Å². The standard InChI is InChI=1S/C28H23ClF5N9O/c1-26(15-5-2-14(3-6-15)4-9-19-36-13-37-41-19)20-22(35)38-24(39-23(20)40-25(26)44)21-17-8-7-16(29)12-18(17)43(42-21)11-10-27(30,31)28(32,33)34/h2-3,5-8,12H,4,9-11,13H2,1H3,(H3,35,38,39,40,44)/t26-/m0/s1. The summed E-state index contributed by atoms with van der Waals surface area (Å²) in [5.74, 6) is -4.58. The Morgan fingerprint density at radius 3 is 2.50 bits per heavy atom. The molecular weight excluding hydrogens is 609 g/mol. The molecule has 0 unspecified atom stereocenters. The van der Waals surface area contributed by atoms with Gasteiger partial charge in [0.25, 0.3) is 0 Å². The number of fused-ring (bicyclic) bond motifs is 2. The fourth-order valence-electron chi connectivity index (χ4n) is 5.31. The van der Waals surface area contributed by atoms with Gasteiger partial charge in [0.15, 0.2) is 12.5 Å². The number of aryl methyl sites for hydroxylation is 2. The van der Waals surface area contributed by atoms with Crippen molar-refractivity contribution in [3.8, 4) is 11.5 Å². The quantitative estimate of drug-likeness (QED) is 0.219. The van der Waals surface area contributed by atoms with Gasteiger partial charge in [0.1, 0.15) is 28.6 Å². The molecule has 0 spiro atoms. The summed E-state index contributed by atoms with van der Waals surface area (Å²) in [6.45, 7) is 1.27. The zero-order chi connectivity index (χ0) is 31.4. The second-order valence-corrected chi connectivity index (χ2v) is 11.0. The van der Waals surface area contributed by atoms with Gasteiger partial charge in [0, 0.05) is 29.8 Å². The van der Waals surface area contributed by atoms with Crippen LogP contribution in [0.3, 0.4) is 0 Å². The van der Waals surface area contributed by atoms with E-state index in [2.05, 4.69) is 35.6 Å². The Balaban J connectivity index is 1.33. The number of benzene rings is 2. The number of nitrogens with zero attached hydrogens (tertiary/aromatic N) is 7. The lowest BCUT2D eigenvalue weighted by atomic mass is 9.77. The number of amides is 1. The monoisotopic (exact) mass is 631 g/mol. The van der Waals surface area contributed by atoms with Gasteiger partial charge in [0.2, 0.25) is 5.91 Å². The summed E-state index contributed by atoms with van der Waals surface area (Å²) in [5, 5.41) is 15.4. The van der Waals surface area contributed by atoms with Gasteiger partial charge in [-0.2, -0.15) is 32.2 Å². The highest BCUT2D eigenvalue weighted by atomic mass is 35.5. The Labute approximate surface area is 251 Å². The van der Waals surface area contributed by atoms with Crippen LogP contribution in [0.15, 0.2) is 57.7 Å². The van der Waals surface area contributed by atoms with Gasteiger partial charge in [-0.05, 0) is 42.7 Å². The largest absolute Gasteiger partial charge is 0.453 e. The smallest absolute Gasteiger partial charge is 0.383 e. The van der Waals surface area contributed by atoms with Crippen LogP contribution in [0.25, 0.3) is 22.4 Å². The zero-order valence-corrected chi connectivity index (χ0v) is 23.7. The minimum absolute atomic E-state index is 0.0280. The molecular formula is C28H23ClF5N9O. The number of anilines is 2. The Hall–Kier alpha value is -4.53. The lowest BCUT2D eigenvalue weighted by Crippen LogP contribution is -2.37. The molecule has 3 N–H and O–H groups in total. The number of azo groups is 1. The molecule has 44 heavy (non-hydrogen) atoms. The molecule has 2 aromatic carbocycles. The van der Waals surface area contributed by atoms with Gasteiger partial charge in [-0.3, -0.25) is 9.48 Å². The molecule has 1 amide bonds. The number of halogens is 6. The summed E-state index contributed by atoms with van der Waals surface area (Å²) in [7, 11) is 0. The predicted molar refractivity (Wildman–Crippen MR) is 153 cm³/mol. The van der Waals surface area contributed by atoms with Crippen molar-refractivity contribution in [2.24, 2.45) is 15.2 Å². The van der Waals surface area contributed by atoms with E-state index in [4.69, 9.17) is 17.3 Å². The van der Waals surface area contributed by atoms with E-state index in [1.54, 1.807) is 6.92 Å². The van der Waals surface area contributed by atoms with Crippen molar-refractivity contribution >= 4 is 45.9 Å². The molecule has 4 heterocycles.